The summed E-state index contributed by atoms with van der Waals surface area (Å²) >= 11 is 0. The summed E-state index contributed by atoms with van der Waals surface area (Å²) in [6.45, 7) is 3.04. The average Bonchev–Trinajstić information content (AvgIpc) is 3.14. The molecule has 1 saturated carbocycles. The van der Waals surface area contributed by atoms with Crippen LogP contribution in [-0.2, 0) is 6.42 Å². The summed E-state index contributed by atoms with van der Waals surface area (Å²) in [5.74, 6) is 1.90. The van der Waals surface area contributed by atoms with Gasteiger partial charge in [0.15, 0.2) is 0 Å². The zero-order valence-electron chi connectivity index (χ0n) is 10.9. The Labute approximate surface area is 103 Å². The van der Waals surface area contributed by atoms with Crippen LogP contribution in [0.5, 0.6) is 11.5 Å². The van der Waals surface area contributed by atoms with Crippen LogP contribution in [0.15, 0.2) is 12.1 Å². The van der Waals surface area contributed by atoms with E-state index in [0.717, 1.165) is 36.1 Å². The number of ether oxygens (including phenoxy) is 2. The van der Waals surface area contributed by atoms with Gasteiger partial charge in [0.1, 0.15) is 11.5 Å². The Morgan fingerprint density at radius 1 is 1.18 bits per heavy atom. The molecule has 0 radical (unpaired) electrons. The average molecular weight is 235 g/mol. The SMILES string of the molecule is COc1cc(CCNC2CC2)c(OC)cc1C. The first-order chi connectivity index (χ1) is 8.24. The quantitative estimate of drug-likeness (QED) is 0.820. The third-order valence-corrected chi connectivity index (χ3v) is 3.20. The topological polar surface area (TPSA) is 30.5 Å². The zero-order chi connectivity index (χ0) is 12.3. The molecule has 0 spiro atoms. The molecule has 0 atom stereocenters. The molecule has 1 aromatic rings. The predicted molar refractivity (Wildman–Crippen MR) is 69.0 cm³/mol. The molecular weight excluding hydrogens is 214 g/mol. The maximum atomic E-state index is 5.42. The van der Waals surface area contributed by atoms with Gasteiger partial charge < -0.3 is 14.8 Å². The van der Waals surface area contributed by atoms with E-state index in [2.05, 4.69) is 11.4 Å². The van der Waals surface area contributed by atoms with Crippen LogP contribution in [0, 0.1) is 6.92 Å². The minimum atomic E-state index is 0.758. The van der Waals surface area contributed by atoms with Crippen molar-refractivity contribution in [3.05, 3.63) is 23.3 Å². The molecule has 0 amide bonds. The van der Waals surface area contributed by atoms with Gasteiger partial charge in [0.25, 0.3) is 0 Å². The summed E-state index contributed by atoms with van der Waals surface area (Å²) in [6.07, 6.45) is 3.64. The van der Waals surface area contributed by atoms with Gasteiger partial charge in [0, 0.05) is 6.04 Å². The molecule has 1 aliphatic rings. The molecule has 0 saturated heterocycles. The first-order valence-corrected chi connectivity index (χ1v) is 6.19. The zero-order valence-corrected chi connectivity index (χ0v) is 10.9. The lowest BCUT2D eigenvalue weighted by molar-refractivity contribution is 0.396. The van der Waals surface area contributed by atoms with E-state index in [0.29, 0.717) is 0 Å². The van der Waals surface area contributed by atoms with Crippen LogP contribution in [0.1, 0.15) is 24.0 Å². The van der Waals surface area contributed by atoms with Gasteiger partial charge >= 0.3 is 0 Å². The minimum Gasteiger partial charge on any atom is -0.496 e. The van der Waals surface area contributed by atoms with E-state index >= 15 is 0 Å². The van der Waals surface area contributed by atoms with Crippen molar-refractivity contribution in [3.8, 4) is 11.5 Å². The number of aryl methyl sites for hydroxylation is 1. The van der Waals surface area contributed by atoms with E-state index < -0.39 is 0 Å². The Kier molecular flexibility index (Phi) is 3.89. The fourth-order valence-electron chi connectivity index (χ4n) is 2.01. The molecule has 3 heteroatoms. The lowest BCUT2D eigenvalue weighted by Crippen LogP contribution is -2.19. The van der Waals surface area contributed by atoms with Crippen LogP contribution in [0.2, 0.25) is 0 Å². The molecule has 0 aliphatic heterocycles. The van der Waals surface area contributed by atoms with Crippen LogP contribution >= 0.6 is 0 Å². The first-order valence-electron chi connectivity index (χ1n) is 6.19. The van der Waals surface area contributed by atoms with Crippen molar-refractivity contribution in [1.29, 1.82) is 0 Å². The van der Waals surface area contributed by atoms with Crippen LogP contribution in [0.25, 0.3) is 0 Å². The van der Waals surface area contributed by atoms with Crippen molar-refractivity contribution < 1.29 is 9.47 Å². The Balaban J connectivity index is 2.05. The lowest BCUT2D eigenvalue weighted by atomic mass is 10.1. The summed E-state index contributed by atoms with van der Waals surface area (Å²) in [6, 6.07) is 4.89. The molecule has 94 valence electrons. The number of hydrogen-bond donors (Lipinski definition) is 1. The van der Waals surface area contributed by atoms with Crippen LogP contribution in [0.3, 0.4) is 0 Å². The smallest absolute Gasteiger partial charge is 0.122 e. The van der Waals surface area contributed by atoms with Crippen LogP contribution in [-0.4, -0.2) is 26.8 Å². The van der Waals surface area contributed by atoms with E-state index in [1.54, 1.807) is 14.2 Å². The molecule has 0 heterocycles. The highest BCUT2D eigenvalue weighted by Gasteiger charge is 2.20. The third kappa shape index (κ3) is 3.13. The molecule has 0 bridgehead atoms. The summed E-state index contributed by atoms with van der Waals surface area (Å²) < 4.78 is 10.8. The molecule has 0 aromatic heterocycles. The fraction of sp³-hybridized carbons (Fsp3) is 0.571. The van der Waals surface area contributed by atoms with E-state index in [-0.39, 0.29) is 0 Å². The number of hydrogen-bond acceptors (Lipinski definition) is 3. The van der Waals surface area contributed by atoms with Gasteiger partial charge in [-0.1, -0.05) is 0 Å². The second kappa shape index (κ2) is 5.41. The second-order valence-corrected chi connectivity index (χ2v) is 4.61. The predicted octanol–water partition coefficient (Wildman–Crippen LogP) is 2.31. The Bertz CT molecular complexity index is 386. The maximum absolute atomic E-state index is 5.42. The number of rotatable bonds is 6. The minimum absolute atomic E-state index is 0.758. The normalized spacial score (nSPS) is 14.8. The summed E-state index contributed by atoms with van der Waals surface area (Å²) in [4.78, 5) is 0. The molecule has 3 nitrogen and oxygen atoms in total. The van der Waals surface area contributed by atoms with Crippen LogP contribution < -0.4 is 14.8 Å². The number of nitrogens with one attached hydrogen (secondary N) is 1. The van der Waals surface area contributed by atoms with Gasteiger partial charge in [-0.15, -0.1) is 0 Å². The summed E-state index contributed by atoms with van der Waals surface area (Å²) in [5.41, 5.74) is 2.33. The largest absolute Gasteiger partial charge is 0.496 e. The van der Waals surface area contributed by atoms with Gasteiger partial charge in [0.2, 0.25) is 0 Å². The number of methoxy groups -OCH3 is 2. The first kappa shape index (κ1) is 12.2. The fourth-order valence-corrected chi connectivity index (χ4v) is 2.01. The standard InChI is InChI=1S/C14H21NO2/c1-10-8-14(17-3)11(9-13(10)16-2)6-7-15-12-4-5-12/h8-9,12,15H,4-7H2,1-3H3. The van der Waals surface area contributed by atoms with Crippen LogP contribution in [0.4, 0.5) is 0 Å². The van der Waals surface area contributed by atoms with Crippen molar-refractivity contribution in [2.24, 2.45) is 0 Å². The molecule has 1 fully saturated rings. The summed E-state index contributed by atoms with van der Waals surface area (Å²) in [5, 5.41) is 3.51. The monoisotopic (exact) mass is 235 g/mol. The lowest BCUT2D eigenvalue weighted by Gasteiger charge is -2.13. The number of benzene rings is 1. The highest BCUT2D eigenvalue weighted by molar-refractivity contribution is 5.46. The molecule has 1 aromatic carbocycles. The van der Waals surface area contributed by atoms with Gasteiger partial charge in [-0.2, -0.15) is 0 Å². The van der Waals surface area contributed by atoms with Crippen molar-refractivity contribution >= 4 is 0 Å². The summed E-state index contributed by atoms with van der Waals surface area (Å²) in [7, 11) is 3.43. The Hall–Kier alpha value is -1.22. The van der Waals surface area contributed by atoms with Crippen molar-refractivity contribution in [1.82, 2.24) is 5.32 Å². The Morgan fingerprint density at radius 2 is 1.88 bits per heavy atom. The molecule has 17 heavy (non-hydrogen) atoms. The third-order valence-electron chi connectivity index (χ3n) is 3.20. The highest BCUT2D eigenvalue weighted by atomic mass is 16.5. The molecule has 0 unspecified atom stereocenters. The van der Waals surface area contributed by atoms with Gasteiger partial charge in [-0.25, -0.2) is 0 Å². The molecule has 1 aliphatic carbocycles. The van der Waals surface area contributed by atoms with Crippen molar-refractivity contribution in [3.63, 3.8) is 0 Å². The molecular formula is C14H21NO2. The van der Waals surface area contributed by atoms with E-state index in [1.165, 1.54) is 18.4 Å². The molecule has 1 N–H and O–H groups in total. The molecule has 2 rings (SSSR count). The van der Waals surface area contributed by atoms with E-state index in [9.17, 15) is 0 Å². The van der Waals surface area contributed by atoms with E-state index in [1.807, 2.05) is 13.0 Å². The van der Waals surface area contributed by atoms with Gasteiger partial charge in [-0.3, -0.25) is 0 Å². The van der Waals surface area contributed by atoms with Crippen molar-refractivity contribution in [2.75, 3.05) is 20.8 Å². The van der Waals surface area contributed by atoms with Gasteiger partial charge in [-0.05, 0) is 56.0 Å². The van der Waals surface area contributed by atoms with Crippen molar-refractivity contribution in [2.45, 2.75) is 32.2 Å². The highest BCUT2D eigenvalue weighted by Crippen LogP contribution is 2.28. The van der Waals surface area contributed by atoms with E-state index in [4.69, 9.17) is 9.47 Å². The second-order valence-electron chi connectivity index (χ2n) is 4.61. The Morgan fingerprint density at radius 3 is 2.47 bits per heavy atom. The maximum Gasteiger partial charge on any atom is 0.122 e. The van der Waals surface area contributed by atoms with Gasteiger partial charge in [0.05, 0.1) is 14.2 Å².